The fourth-order valence-electron chi connectivity index (χ4n) is 3.18. The van der Waals surface area contributed by atoms with Crippen molar-refractivity contribution >= 4 is 10.0 Å². The number of benzene rings is 2. The zero-order chi connectivity index (χ0) is 18.6. The Kier molecular flexibility index (Phi) is 6.01. The van der Waals surface area contributed by atoms with Gasteiger partial charge in [0.05, 0.1) is 0 Å². The molecule has 1 aliphatic rings. The van der Waals surface area contributed by atoms with Crippen molar-refractivity contribution in [1.82, 2.24) is 9.62 Å². The number of unbranched alkanes of at least 4 members (excludes halogenated alkanes) is 1. The molecule has 0 bridgehead atoms. The van der Waals surface area contributed by atoms with Crippen LogP contribution >= 0.6 is 0 Å². The van der Waals surface area contributed by atoms with Crippen LogP contribution in [0.2, 0.25) is 0 Å². The van der Waals surface area contributed by atoms with Gasteiger partial charge in [0, 0.05) is 25.7 Å². The SMILES string of the molecule is O=S(=O)(NCCCCN1CCc2ccccc2C1)c1ccc(F)cc1F. The van der Waals surface area contributed by atoms with Gasteiger partial charge in [-0.05, 0) is 49.1 Å². The van der Waals surface area contributed by atoms with Gasteiger partial charge in [-0.2, -0.15) is 0 Å². The Hall–Kier alpha value is -1.83. The lowest BCUT2D eigenvalue weighted by atomic mass is 10.00. The van der Waals surface area contributed by atoms with Crippen LogP contribution in [0.15, 0.2) is 47.4 Å². The molecule has 0 radical (unpaired) electrons. The number of fused-ring (bicyclic) bond motifs is 1. The fraction of sp³-hybridized carbons (Fsp3) is 0.368. The minimum absolute atomic E-state index is 0.226. The van der Waals surface area contributed by atoms with Gasteiger partial charge in [0.2, 0.25) is 10.0 Å². The Morgan fingerprint density at radius 1 is 1.04 bits per heavy atom. The summed E-state index contributed by atoms with van der Waals surface area (Å²) < 4.78 is 53.1. The molecule has 1 heterocycles. The van der Waals surface area contributed by atoms with E-state index in [1.807, 2.05) is 6.07 Å². The first-order chi connectivity index (χ1) is 12.5. The molecule has 26 heavy (non-hydrogen) atoms. The van der Waals surface area contributed by atoms with Crippen molar-refractivity contribution in [2.45, 2.75) is 30.7 Å². The maximum absolute atomic E-state index is 13.6. The molecule has 0 aromatic heterocycles. The largest absolute Gasteiger partial charge is 0.299 e. The van der Waals surface area contributed by atoms with Gasteiger partial charge in [-0.25, -0.2) is 21.9 Å². The van der Waals surface area contributed by atoms with Gasteiger partial charge in [0.1, 0.15) is 16.5 Å². The first kappa shape index (κ1) is 18.9. The second kappa shape index (κ2) is 8.24. The summed E-state index contributed by atoms with van der Waals surface area (Å²) in [4.78, 5) is 1.84. The second-order valence-electron chi connectivity index (χ2n) is 6.47. The highest BCUT2D eigenvalue weighted by molar-refractivity contribution is 7.89. The summed E-state index contributed by atoms with van der Waals surface area (Å²) in [5.74, 6) is -1.88. The smallest absolute Gasteiger partial charge is 0.243 e. The van der Waals surface area contributed by atoms with Crippen molar-refractivity contribution in [1.29, 1.82) is 0 Å². The summed E-state index contributed by atoms with van der Waals surface area (Å²) in [6.07, 6.45) is 2.53. The van der Waals surface area contributed by atoms with E-state index in [1.165, 1.54) is 11.1 Å². The second-order valence-corrected chi connectivity index (χ2v) is 8.21. The third-order valence-electron chi connectivity index (χ3n) is 4.59. The monoisotopic (exact) mass is 380 g/mol. The van der Waals surface area contributed by atoms with Crippen LogP contribution in [0.25, 0.3) is 0 Å². The van der Waals surface area contributed by atoms with E-state index in [0.29, 0.717) is 12.5 Å². The Morgan fingerprint density at radius 3 is 2.58 bits per heavy atom. The fourth-order valence-corrected chi connectivity index (χ4v) is 4.31. The van der Waals surface area contributed by atoms with Gasteiger partial charge in [0.15, 0.2) is 0 Å². The molecule has 0 spiro atoms. The number of hydrogen-bond donors (Lipinski definition) is 1. The standard InChI is InChI=1S/C19H22F2N2O2S/c20-17-7-8-19(18(21)13-17)26(24,25)22-10-3-4-11-23-12-9-15-5-1-2-6-16(15)14-23/h1-2,5-8,13,22H,3-4,9-12,14H2. The number of hydrogen-bond acceptors (Lipinski definition) is 3. The van der Waals surface area contributed by atoms with Crippen molar-refractivity contribution in [2.24, 2.45) is 0 Å². The molecule has 4 nitrogen and oxygen atoms in total. The van der Waals surface area contributed by atoms with Crippen LogP contribution in [0.1, 0.15) is 24.0 Å². The van der Waals surface area contributed by atoms with Crippen molar-refractivity contribution in [3.8, 4) is 0 Å². The average molecular weight is 380 g/mol. The first-order valence-electron chi connectivity index (χ1n) is 8.69. The molecule has 0 aliphatic carbocycles. The van der Waals surface area contributed by atoms with Crippen molar-refractivity contribution < 1.29 is 17.2 Å². The molecule has 1 aliphatic heterocycles. The number of nitrogens with one attached hydrogen (secondary N) is 1. The Bertz CT molecular complexity index is 872. The molecule has 2 aromatic rings. The summed E-state index contributed by atoms with van der Waals surface area (Å²) in [5, 5.41) is 0. The van der Waals surface area contributed by atoms with Gasteiger partial charge < -0.3 is 0 Å². The van der Waals surface area contributed by atoms with E-state index in [0.717, 1.165) is 44.6 Å². The van der Waals surface area contributed by atoms with Crippen LogP contribution in [-0.4, -0.2) is 33.0 Å². The zero-order valence-corrected chi connectivity index (χ0v) is 15.2. The van der Waals surface area contributed by atoms with Crippen LogP contribution in [0, 0.1) is 11.6 Å². The summed E-state index contributed by atoms with van der Waals surface area (Å²) in [6.45, 7) is 3.04. The highest BCUT2D eigenvalue weighted by atomic mass is 32.2. The number of nitrogens with zero attached hydrogens (tertiary/aromatic N) is 1. The minimum Gasteiger partial charge on any atom is -0.299 e. The zero-order valence-electron chi connectivity index (χ0n) is 14.4. The summed E-state index contributed by atoms with van der Waals surface area (Å²) in [6, 6.07) is 10.9. The van der Waals surface area contributed by atoms with Gasteiger partial charge in [-0.1, -0.05) is 24.3 Å². The molecule has 3 rings (SSSR count). The molecular formula is C19H22F2N2O2S. The summed E-state index contributed by atoms with van der Waals surface area (Å²) >= 11 is 0. The van der Waals surface area contributed by atoms with Crippen LogP contribution in [0.5, 0.6) is 0 Å². The molecule has 0 saturated heterocycles. The first-order valence-corrected chi connectivity index (χ1v) is 10.2. The van der Waals surface area contributed by atoms with E-state index in [-0.39, 0.29) is 6.54 Å². The third kappa shape index (κ3) is 4.66. The van der Waals surface area contributed by atoms with E-state index < -0.39 is 26.6 Å². The lowest BCUT2D eigenvalue weighted by Crippen LogP contribution is -2.32. The van der Waals surface area contributed by atoms with Gasteiger partial charge in [-0.3, -0.25) is 4.90 Å². The molecule has 7 heteroatoms. The molecule has 0 amide bonds. The molecule has 0 atom stereocenters. The lowest BCUT2D eigenvalue weighted by molar-refractivity contribution is 0.249. The van der Waals surface area contributed by atoms with Crippen LogP contribution in [0.3, 0.4) is 0 Å². The molecule has 0 fully saturated rings. The van der Waals surface area contributed by atoms with Gasteiger partial charge in [-0.15, -0.1) is 0 Å². The van der Waals surface area contributed by atoms with Crippen LogP contribution in [0.4, 0.5) is 8.78 Å². The van der Waals surface area contributed by atoms with Crippen molar-refractivity contribution in [2.75, 3.05) is 19.6 Å². The molecular weight excluding hydrogens is 358 g/mol. The summed E-state index contributed by atoms with van der Waals surface area (Å²) in [7, 11) is -3.96. The van der Waals surface area contributed by atoms with Gasteiger partial charge >= 0.3 is 0 Å². The van der Waals surface area contributed by atoms with Crippen LogP contribution in [-0.2, 0) is 23.0 Å². The molecule has 2 aromatic carbocycles. The predicted octanol–water partition coefficient (Wildman–Crippen LogP) is 3.08. The van der Waals surface area contributed by atoms with Crippen LogP contribution < -0.4 is 4.72 Å². The molecule has 0 saturated carbocycles. The Labute approximate surface area is 152 Å². The lowest BCUT2D eigenvalue weighted by Gasteiger charge is -2.28. The number of rotatable bonds is 7. The van der Waals surface area contributed by atoms with E-state index in [9.17, 15) is 17.2 Å². The Morgan fingerprint density at radius 2 is 1.81 bits per heavy atom. The average Bonchev–Trinajstić information content (AvgIpc) is 2.61. The van der Waals surface area contributed by atoms with E-state index in [2.05, 4.69) is 27.8 Å². The topological polar surface area (TPSA) is 49.4 Å². The third-order valence-corrected chi connectivity index (χ3v) is 6.08. The highest BCUT2D eigenvalue weighted by Gasteiger charge is 2.19. The van der Waals surface area contributed by atoms with Crippen molar-refractivity contribution in [3.05, 3.63) is 65.2 Å². The maximum atomic E-state index is 13.6. The highest BCUT2D eigenvalue weighted by Crippen LogP contribution is 2.19. The Balaban J connectivity index is 1.43. The van der Waals surface area contributed by atoms with Crippen molar-refractivity contribution in [3.63, 3.8) is 0 Å². The number of halogens is 2. The quantitative estimate of drug-likeness (QED) is 0.751. The summed E-state index contributed by atoms with van der Waals surface area (Å²) in [5.41, 5.74) is 2.75. The maximum Gasteiger partial charge on any atom is 0.243 e. The van der Waals surface area contributed by atoms with Gasteiger partial charge in [0.25, 0.3) is 0 Å². The predicted molar refractivity (Wildman–Crippen MR) is 96.2 cm³/mol. The number of sulfonamides is 1. The normalized spacial score (nSPS) is 15.0. The van der Waals surface area contributed by atoms with E-state index >= 15 is 0 Å². The molecule has 140 valence electrons. The van der Waals surface area contributed by atoms with E-state index in [4.69, 9.17) is 0 Å². The molecule has 1 N–H and O–H groups in total. The van der Waals surface area contributed by atoms with E-state index in [1.54, 1.807) is 0 Å². The molecule has 0 unspecified atom stereocenters. The minimum atomic E-state index is -3.96.